The summed E-state index contributed by atoms with van der Waals surface area (Å²) >= 11 is 0. The van der Waals surface area contributed by atoms with Crippen molar-refractivity contribution < 1.29 is 9.47 Å². The number of hydrogen-bond acceptors (Lipinski definition) is 3. The van der Waals surface area contributed by atoms with Crippen LogP contribution in [0, 0.1) is 0 Å². The summed E-state index contributed by atoms with van der Waals surface area (Å²) in [5.74, 6) is 0. The maximum absolute atomic E-state index is 5.84. The molecule has 1 saturated heterocycles. The number of rotatable bonds is 7. The molecule has 0 aliphatic carbocycles. The first kappa shape index (κ1) is 14.9. The van der Waals surface area contributed by atoms with Crippen LogP contribution in [0.1, 0.15) is 53.4 Å². The largest absolute Gasteiger partial charge is 0.379 e. The van der Waals surface area contributed by atoms with E-state index in [0.717, 1.165) is 45.4 Å². The minimum absolute atomic E-state index is 0.0876. The molecule has 0 aromatic heterocycles. The molecule has 1 fully saturated rings. The summed E-state index contributed by atoms with van der Waals surface area (Å²) in [6, 6.07) is 0.618. The minimum Gasteiger partial charge on any atom is -0.379 e. The van der Waals surface area contributed by atoms with E-state index >= 15 is 0 Å². The lowest BCUT2D eigenvalue weighted by Crippen LogP contribution is -2.45. The van der Waals surface area contributed by atoms with Crippen molar-refractivity contribution in [1.82, 2.24) is 5.32 Å². The van der Waals surface area contributed by atoms with Crippen LogP contribution in [0.4, 0.5) is 0 Å². The van der Waals surface area contributed by atoms with Crippen molar-refractivity contribution in [3.8, 4) is 0 Å². The van der Waals surface area contributed by atoms with E-state index in [9.17, 15) is 0 Å². The second-order valence-electron chi connectivity index (χ2n) is 5.57. The Balaban J connectivity index is 2.11. The highest BCUT2D eigenvalue weighted by molar-refractivity contribution is 4.85. The topological polar surface area (TPSA) is 30.5 Å². The summed E-state index contributed by atoms with van der Waals surface area (Å²) in [6.45, 7) is 11.4. The van der Waals surface area contributed by atoms with Crippen LogP contribution in [0.5, 0.6) is 0 Å². The van der Waals surface area contributed by atoms with Crippen molar-refractivity contribution in [2.75, 3.05) is 19.8 Å². The Morgan fingerprint density at radius 2 is 2.24 bits per heavy atom. The number of hydrogen-bond donors (Lipinski definition) is 1. The van der Waals surface area contributed by atoms with Crippen LogP contribution in [0.15, 0.2) is 0 Å². The van der Waals surface area contributed by atoms with Gasteiger partial charge in [-0.3, -0.25) is 0 Å². The van der Waals surface area contributed by atoms with Gasteiger partial charge < -0.3 is 14.8 Å². The van der Waals surface area contributed by atoms with Crippen molar-refractivity contribution in [2.45, 2.75) is 71.1 Å². The maximum atomic E-state index is 5.84. The monoisotopic (exact) mass is 243 g/mol. The molecule has 0 aromatic carbocycles. The molecule has 2 atom stereocenters. The first-order valence-corrected chi connectivity index (χ1v) is 7.04. The van der Waals surface area contributed by atoms with E-state index in [1.54, 1.807) is 0 Å². The first-order valence-electron chi connectivity index (χ1n) is 7.04. The molecule has 0 radical (unpaired) electrons. The third-order valence-corrected chi connectivity index (χ3v) is 3.55. The van der Waals surface area contributed by atoms with Gasteiger partial charge in [-0.05, 0) is 53.0 Å². The predicted octanol–water partition coefficient (Wildman–Crippen LogP) is 2.74. The molecule has 0 aromatic rings. The van der Waals surface area contributed by atoms with Crippen molar-refractivity contribution >= 4 is 0 Å². The SMILES string of the molecule is CCC1(C)CC(NCCCOC(C)C)CCO1. The van der Waals surface area contributed by atoms with Gasteiger partial charge in [-0.2, -0.15) is 0 Å². The molecule has 0 amide bonds. The second-order valence-corrected chi connectivity index (χ2v) is 5.57. The van der Waals surface area contributed by atoms with Crippen molar-refractivity contribution in [2.24, 2.45) is 0 Å². The highest BCUT2D eigenvalue weighted by Crippen LogP contribution is 2.27. The summed E-state index contributed by atoms with van der Waals surface area (Å²) in [5.41, 5.74) is 0.0876. The zero-order valence-corrected chi connectivity index (χ0v) is 11.9. The third-order valence-electron chi connectivity index (χ3n) is 3.55. The molecular weight excluding hydrogens is 214 g/mol. The molecular formula is C14H29NO2. The Labute approximate surface area is 106 Å². The Hall–Kier alpha value is -0.120. The van der Waals surface area contributed by atoms with Crippen LogP contribution < -0.4 is 5.32 Å². The highest BCUT2D eigenvalue weighted by atomic mass is 16.5. The van der Waals surface area contributed by atoms with Crippen molar-refractivity contribution in [1.29, 1.82) is 0 Å². The van der Waals surface area contributed by atoms with Gasteiger partial charge in [0.15, 0.2) is 0 Å². The minimum atomic E-state index is 0.0876. The van der Waals surface area contributed by atoms with E-state index in [1.807, 2.05) is 0 Å². The third kappa shape index (κ3) is 5.84. The summed E-state index contributed by atoms with van der Waals surface area (Å²) in [5, 5.41) is 3.62. The standard InChI is InChI=1S/C14H29NO2/c1-5-14(4)11-13(7-10-17-14)15-8-6-9-16-12(2)3/h12-13,15H,5-11H2,1-4H3. The summed E-state index contributed by atoms with van der Waals surface area (Å²) in [6.07, 6.45) is 4.82. The fourth-order valence-electron chi connectivity index (χ4n) is 2.25. The molecule has 0 spiro atoms. The smallest absolute Gasteiger partial charge is 0.0666 e. The lowest BCUT2D eigenvalue weighted by molar-refractivity contribution is -0.0780. The van der Waals surface area contributed by atoms with E-state index in [4.69, 9.17) is 9.47 Å². The Morgan fingerprint density at radius 3 is 2.88 bits per heavy atom. The Morgan fingerprint density at radius 1 is 1.47 bits per heavy atom. The quantitative estimate of drug-likeness (QED) is 0.697. The van der Waals surface area contributed by atoms with E-state index in [-0.39, 0.29) is 5.60 Å². The van der Waals surface area contributed by atoms with Gasteiger partial charge in [0.2, 0.25) is 0 Å². The molecule has 0 bridgehead atoms. The molecule has 3 nitrogen and oxygen atoms in total. The van der Waals surface area contributed by atoms with Gasteiger partial charge in [0.1, 0.15) is 0 Å². The Bertz CT molecular complexity index is 208. The summed E-state index contributed by atoms with van der Waals surface area (Å²) in [7, 11) is 0. The summed E-state index contributed by atoms with van der Waals surface area (Å²) < 4.78 is 11.4. The van der Waals surface area contributed by atoms with Gasteiger partial charge in [0, 0.05) is 19.3 Å². The Kier molecular flexibility index (Phi) is 6.45. The van der Waals surface area contributed by atoms with Gasteiger partial charge >= 0.3 is 0 Å². The number of ether oxygens (including phenoxy) is 2. The average Bonchev–Trinajstić information content (AvgIpc) is 2.28. The normalized spacial score (nSPS) is 29.8. The van der Waals surface area contributed by atoms with Gasteiger partial charge in [-0.15, -0.1) is 0 Å². The van der Waals surface area contributed by atoms with E-state index in [0.29, 0.717) is 12.1 Å². The van der Waals surface area contributed by atoms with Crippen LogP contribution in [0.3, 0.4) is 0 Å². The van der Waals surface area contributed by atoms with Crippen molar-refractivity contribution in [3.05, 3.63) is 0 Å². The molecule has 3 heteroatoms. The average molecular weight is 243 g/mol. The lowest BCUT2D eigenvalue weighted by Gasteiger charge is -2.38. The molecule has 1 rings (SSSR count). The van der Waals surface area contributed by atoms with Crippen LogP contribution in [-0.4, -0.2) is 37.5 Å². The zero-order chi connectivity index (χ0) is 12.7. The molecule has 1 aliphatic rings. The first-order chi connectivity index (χ1) is 8.06. The second kappa shape index (κ2) is 7.34. The summed E-state index contributed by atoms with van der Waals surface area (Å²) in [4.78, 5) is 0. The van der Waals surface area contributed by atoms with Crippen LogP contribution in [0.25, 0.3) is 0 Å². The van der Waals surface area contributed by atoms with Gasteiger partial charge in [-0.25, -0.2) is 0 Å². The van der Waals surface area contributed by atoms with Crippen molar-refractivity contribution in [3.63, 3.8) is 0 Å². The van der Waals surface area contributed by atoms with Gasteiger partial charge in [0.05, 0.1) is 11.7 Å². The van der Waals surface area contributed by atoms with E-state index < -0.39 is 0 Å². The molecule has 1 aliphatic heterocycles. The fraction of sp³-hybridized carbons (Fsp3) is 1.00. The van der Waals surface area contributed by atoms with Gasteiger partial charge in [0.25, 0.3) is 0 Å². The molecule has 2 unspecified atom stereocenters. The van der Waals surface area contributed by atoms with Gasteiger partial charge in [-0.1, -0.05) is 6.92 Å². The molecule has 17 heavy (non-hydrogen) atoms. The van der Waals surface area contributed by atoms with E-state index in [1.165, 1.54) is 0 Å². The molecule has 1 heterocycles. The predicted molar refractivity (Wildman–Crippen MR) is 71.4 cm³/mol. The lowest BCUT2D eigenvalue weighted by atomic mass is 9.90. The van der Waals surface area contributed by atoms with Crippen LogP contribution in [-0.2, 0) is 9.47 Å². The maximum Gasteiger partial charge on any atom is 0.0666 e. The molecule has 1 N–H and O–H groups in total. The molecule has 102 valence electrons. The molecule has 0 saturated carbocycles. The highest BCUT2D eigenvalue weighted by Gasteiger charge is 2.31. The fourth-order valence-corrected chi connectivity index (χ4v) is 2.25. The van der Waals surface area contributed by atoms with E-state index in [2.05, 4.69) is 33.0 Å². The van der Waals surface area contributed by atoms with Crippen LogP contribution >= 0.6 is 0 Å². The number of nitrogens with one attached hydrogen (secondary N) is 1. The zero-order valence-electron chi connectivity index (χ0n) is 11.9. The van der Waals surface area contributed by atoms with Crippen LogP contribution in [0.2, 0.25) is 0 Å².